The van der Waals surface area contributed by atoms with E-state index in [4.69, 9.17) is 0 Å². The van der Waals surface area contributed by atoms with Crippen LogP contribution < -0.4 is 10.6 Å². The van der Waals surface area contributed by atoms with Crippen molar-refractivity contribution in [3.05, 3.63) is 65.4 Å². The zero-order valence-corrected chi connectivity index (χ0v) is 27.5. The number of carbonyl (C=O) groups excluding carboxylic acids is 3. The molecule has 1 aromatic heterocycles. The summed E-state index contributed by atoms with van der Waals surface area (Å²) in [6.07, 6.45) is 5.57. The Morgan fingerprint density at radius 3 is 2.56 bits per heavy atom. The zero-order chi connectivity index (χ0) is 32.1. The molecule has 0 aliphatic carbocycles. The molecule has 4 atom stereocenters. The molecular weight excluding hydrogens is 566 g/mol. The van der Waals surface area contributed by atoms with Crippen molar-refractivity contribution < 1.29 is 14.4 Å². The second-order valence-corrected chi connectivity index (χ2v) is 13.3. The van der Waals surface area contributed by atoms with Crippen molar-refractivity contribution >= 4 is 28.6 Å². The van der Waals surface area contributed by atoms with Gasteiger partial charge in [-0.2, -0.15) is 5.10 Å². The smallest absolute Gasteiger partial charge is 0.243 e. The van der Waals surface area contributed by atoms with E-state index in [9.17, 15) is 14.4 Å². The second kappa shape index (κ2) is 14.6. The van der Waals surface area contributed by atoms with Crippen LogP contribution in [0.1, 0.15) is 42.4 Å². The van der Waals surface area contributed by atoms with Gasteiger partial charge in [-0.15, -0.1) is 0 Å². The molecule has 2 aromatic carbocycles. The third kappa shape index (κ3) is 7.91. The molecule has 2 aliphatic heterocycles. The van der Waals surface area contributed by atoms with E-state index in [0.717, 1.165) is 42.3 Å². The summed E-state index contributed by atoms with van der Waals surface area (Å²) >= 11 is 0. The normalized spacial score (nSPS) is 21.8. The summed E-state index contributed by atoms with van der Waals surface area (Å²) in [5.41, 5.74) is 4.42. The molecule has 242 valence electrons. The van der Waals surface area contributed by atoms with E-state index >= 15 is 0 Å². The number of rotatable bonds is 11. The summed E-state index contributed by atoms with van der Waals surface area (Å²) in [5.74, 6) is -0.590. The van der Waals surface area contributed by atoms with E-state index in [1.54, 1.807) is 9.80 Å². The third-order valence-corrected chi connectivity index (χ3v) is 9.41. The van der Waals surface area contributed by atoms with Crippen molar-refractivity contribution in [3.63, 3.8) is 0 Å². The van der Waals surface area contributed by atoms with Crippen LogP contribution in [-0.4, -0.2) is 102 Å². The molecule has 3 heterocycles. The molecule has 2 saturated heterocycles. The van der Waals surface area contributed by atoms with Crippen LogP contribution in [0.15, 0.2) is 48.7 Å². The topological polar surface area (TPSA) is 103 Å². The molecular formula is C35H49N7O3. The maximum Gasteiger partial charge on any atom is 0.243 e. The lowest BCUT2D eigenvalue weighted by Gasteiger charge is -2.36. The van der Waals surface area contributed by atoms with Gasteiger partial charge in [0.05, 0.1) is 23.7 Å². The predicted octanol–water partition coefficient (Wildman–Crippen LogP) is 2.74. The number of aryl methyl sites for hydroxylation is 2. The van der Waals surface area contributed by atoms with Crippen LogP contribution in [0.5, 0.6) is 0 Å². The number of carbonyl (C=O) groups is 3. The summed E-state index contributed by atoms with van der Waals surface area (Å²) < 4.78 is 1.83. The summed E-state index contributed by atoms with van der Waals surface area (Å²) in [6.45, 7) is 5.15. The minimum atomic E-state index is -0.635. The molecule has 0 spiro atoms. The van der Waals surface area contributed by atoms with Crippen LogP contribution in [0, 0.1) is 18.8 Å². The van der Waals surface area contributed by atoms with Crippen LogP contribution in [-0.2, 0) is 34.4 Å². The Bertz CT molecular complexity index is 1480. The minimum absolute atomic E-state index is 0.00139. The van der Waals surface area contributed by atoms with Gasteiger partial charge in [0.2, 0.25) is 17.7 Å². The Hall–Kier alpha value is -3.76. The molecule has 0 saturated carbocycles. The van der Waals surface area contributed by atoms with E-state index in [2.05, 4.69) is 51.8 Å². The molecule has 10 heteroatoms. The van der Waals surface area contributed by atoms with E-state index in [1.165, 1.54) is 11.1 Å². The number of aromatic nitrogens is 2. The largest absolute Gasteiger partial charge is 0.350 e. The van der Waals surface area contributed by atoms with Gasteiger partial charge in [0, 0.05) is 39.1 Å². The number of nitrogens with zero attached hydrogens (tertiary/aromatic N) is 5. The average molecular weight is 616 g/mol. The maximum absolute atomic E-state index is 14.3. The van der Waals surface area contributed by atoms with Crippen molar-refractivity contribution in [2.24, 2.45) is 18.9 Å². The molecule has 10 nitrogen and oxygen atoms in total. The molecule has 2 fully saturated rings. The van der Waals surface area contributed by atoms with Crippen molar-refractivity contribution in [2.75, 3.05) is 47.3 Å². The maximum atomic E-state index is 14.3. The molecule has 45 heavy (non-hydrogen) atoms. The minimum Gasteiger partial charge on any atom is -0.350 e. The second-order valence-electron chi connectivity index (χ2n) is 13.3. The lowest BCUT2D eigenvalue weighted by molar-refractivity contribution is -0.146. The summed E-state index contributed by atoms with van der Waals surface area (Å²) in [5, 5.41) is 11.8. The Kier molecular flexibility index (Phi) is 10.6. The van der Waals surface area contributed by atoms with E-state index in [-0.39, 0.29) is 23.6 Å². The van der Waals surface area contributed by atoms with Crippen molar-refractivity contribution in [2.45, 2.75) is 57.7 Å². The van der Waals surface area contributed by atoms with Crippen LogP contribution in [0.2, 0.25) is 0 Å². The first kappa shape index (κ1) is 32.6. The van der Waals surface area contributed by atoms with Crippen molar-refractivity contribution in [3.8, 4) is 0 Å². The van der Waals surface area contributed by atoms with Crippen LogP contribution in [0.25, 0.3) is 10.9 Å². The van der Waals surface area contributed by atoms with E-state index < -0.39 is 18.0 Å². The number of benzene rings is 2. The highest BCUT2D eigenvalue weighted by atomic mass is 16.2. The summed E-state index contributed by atoms with van der Waals surface area (Å²) in [7, 11) is 7.79. The Balaban J connectivity index is 1.31. The van der Waals surface area contributed by atoms with E-state index in [1.807, 2.05) is 57.3 Å². The van der Waals surface area contributed by atoms with Gasteiger partial charge >= 0.3 is 0 Å². The molecule has 5 rings (SSSR count). The fourth-order valence-electron chi connectivity index (χ4n) is 6.86. The molecule has 2 aliphatic rings. The van der Waals surface area contributed by atoms with Gasteiger partial charge in [0.15, 0.2) is 0 Å². The number of amides is 3. The molecule has 0 radical (unpaired) electrons. The summed E-state index contributed by atoms with van der Waals surface area (Å²) in [4.78, 5) is 47.4. The number of nitrogens with one attached hydrogen (secondary N) is 2. The van der Waals surface area contributed by atoms with Gasteiger partial charge in [-0.3, -0.25) is 19.1 Å². The molecule has 2 N–H and O–H groups in total. The van der Waals surface area contributed by atoms with Gasteiger partial charge in [0.1, 0.15) is 6.04 Å². The van der Waals surface area contributed by atoms with Crippen LogP contribution in [0.4, 0.5) is 0 Å². The lowest BCUT2D eigenvalue weighted by atomic mass is 9.88. The molecule has 0 unspecified atom stereocenters. The van der Waals surface area contributed by atoms with Gasteiger partial charge in [-0.1, -0.05) is 35.9 Å². The fraction of sp³-hybridized carbons (Fsp3) is 0.543. The van der Waals surface area contributed by atoms with Crippen LogP contribution in [0.3, 0.4) is 0 Å². The predicted molar refractivity (Wildman–Crippen MR) is 176 cm³/mol. The number of likely N-dealkylation sites (tertiary alicyclic amines) is 1. The zero-order valence-electron chi connectivity index (χ0n) is 27.5. The third-order valence-electron chi connectivity index (χ3n) is 9.41. The Labute approximate surface area is 267 Å². The standard InChI is InChI=1S/C35H49N7O3/c1-24-9-11-25(12-10-24)18-27-20-31(33(43)37-21-26-13-14-30-28(19-26)22-38-41(30)5)42(23-27)35(45)32-29(8-6-15-36-32)34(44)40(4)17-7-16-39(2)3/h9-14,19,22,27,29,31-32,36H,6-8,15-18,20-21,23H2,1-5H3,(H,37,43)/t27-,29+,31+,32-/m1/s1. The summed E-state index contributed by atoms with van der Waals surface area (Å²) in [6, 6.07) is 13.3. The number of hydrogen-bond donors (Lipinski definition) is 2. The average Bonchev–Trinajstić information content (AvgIpc) is 3.63. The lowest BCUT2D eigenvalue weighted by Crippen LogP contribution is -2.59. The van der Waals surface area contributed by atoms with Gasteiger partial charge in [-0.05, 0) is 95.4 Å². The molecule has 3 amide bonds. The highest BCUT2D eigenvalue weighted by Gasteiger charge is 2.45. The fourth-order valence-corrected chi connectivity index (χ4v) is 6.86. The first-order valence-electron chi connectivity index (χ1n) is 16.3. The highest BCUT2D eigenvalue weighted by molar-refractivity contribution is 5.94. The molecule has 3 aromatic rings. The molecule has 0 bridgehead atoms. The number of piperidine rings is 1. The number of fused-ring (bicyclic) bond motifs is 1. The Morgan fingerprint density at radius 2 is 1.80 bits per heavy atom. The first-order chi connectivity index (χ1) is 21.6. The van der Waals surface area contributed by atoms with Gasteiger partial charge in [-0.25, -0.2) is 0 Å². The first-order valence-corrected chi connectivity index (χ1v) is 16.3. The van der Waals surface area contributed by atoms with Crippen molar-refractivity contribution in [1.29, 1.82) is 0 Å². The highest BCUT2D eigenvalue weighted by Crippen LogP contribution is 2.30. The van der Waals surface area contributed by atoms with E-state index in [0.29, 0.717) is 39.0 Å². The quantitative estimate of drug-likeness (QED) is 0.344. The van der Waals surface area contributed by atoms with Crippen molar-refractivity contribution in [1.82, 2.24) is 35.1 Å². The number of hydrogen-bond acceptors (Lipinski definition) is 6. The van der Waals surface area contributed by atoms with Crippen LogP contribution >= 0.6 is 0 Å². The monoisotopic (exact) mass is 615 g/mol. The SMILES string of the molecule is Cc1ccc(C[C@@H]2C[C@@H](C(=O)NCc3ccc4c(cnn4C)c3)N(C(=O)[C@@H]3NCCC[C@@H]3C(=O)N(C)CCCN(C)C)C2)cc1. The van der Waals surface area contributed by atoms with Gasteiger partial charge in [0.25, 0.3) is 0 Å². The van der Waals surface area contributed by atoms with Gasteiger partial charge < -0.3 is 25.3 Å². The Morgan fingerprint density at radius 1 is 1.04 bits per heavy atom.